The van der Waals surface area contributed by atoms with Crippen LogP contribution in [0.2, 0.25) is 5.28 Å². The fourth-order valence-corrected chi connectivity index (χ4v) is 1.68. The minimum atomic E-state index is 0.223. The van der Waals surface area contributed by atoms with E-state index in [0.717, 1.165) is 22.3 Å². The van der Waals surface area contributed by atoms with Gasteiger partial charge in [0.05, 0.1) is 11.9 Å². The Morgan fingerprint density at radius 1 is 1.27 bits per heavy atom. The molecule has 0 atom stereocenters. The van der Waals surface area contributed by atoms with Gasteiger partial charge in [-0.05, 0) is 17.7 Å². The van der Waals surface area contributed by atoms with Crippen LogP contribution in [-0.2, 0) is 0 Å². The highest BCUT2D eigenvalue weighted by atomic mass is 35.5. The monoisotopic (exact) mass is 219 g/mol. The van der Waals surface area contributed by atoms with Gasteiger partial charge in [0.15, 0.2) is 0 Å². The standard InChI is InChI=1S/C9H6ClN5/c10-9-14-7(5-3-12-13-4-5)6-1-2-11-8(6)15-9/h1-4H,(H,12,13)(H,11,14,15). The first-order chi connectivity index (χ1) is 7.34. The lowest BCUT2D eigenvalue weighted by Crippen LogP contribution is -1.88. The lowest BCUT2D eigenvalue weighted by Gasteiger charge is -1.98. The van der Waals surface area contributed by atoms with Crippen molar-refractivity contribution in [3.63, 3.8) is 0 Å². The Morgan fingerprint density at radius 3 is 3.00 bits per heavy atom. The van der Waals surface area contributed by atoms with E-state index in [2.05, 4.69) is 25.1 Å². The van der Waals surface area contributed by atoms with Crippen LogP contribution in [0.3, 0.4) is 0 Å². The van der Waals surface area contributed by atoms with Crippen LogP contribution in [0.1, 0.15) is 0 Å². The van der Waals surface area contributed by atoms with Crippen molar-refractivity contribution in [2.45, 2.75) is 0 Å². The minimum Gasteiger partial charge on any atom is -0.346 e. The van der Waals surface area contributed by atoms with E-state index < -0.39 is 0 Å². The molecule has 0 aliphatic rings. The molecule has 0 aromatic carbocycles. The molecular formula is C9H6ClN5. The molecule has 2 N–H and O–H groups in total. The highest BCUT2D eigenvalue weighted by Crippen LogP contribution is 2.25. The molecule has 0 saturated carbocycles. The molecular weight excluding hydrogens is 214 g/mol. The summed E-state index contributed by atoms with van der Waals surface area (Å²) in [5.74, 6) is 0. The largest absolute Gasteiger partial charge is 0.346 e. The molecule has 5 nitrogen and oxygen atoms in total. The molecule has 3 heterocycles. The van der Waals surface area contributed by atoms with E-state index in [9.17, 15) is 0 Å². The normalized spacial score (nSPS) is 11.0. The molecule has 0 aliphatic heterocycles. The first-order valence-electron chi connectivity index (χ1n) is 4.34. The van der Waals surface area contributed by atoms with Crippen molar-refractivity contribution in [1.29, 1.82) is 0 Å². The maximum atomic E-state index is 5.82. The van der Waals surface area contributed by atoms with Crippen molar-refractivity contribution in [3.8, 4) is 11.3 Å². The Balaban J connectivity index is 2.38. The number of hydrogen-bond acceptors (Lipinski definition) is 3. The van der Waals surface area contributed by atoms with Gasteiger partial charge < -0.3 is 4.98 Å². The van der Waals surface area contributed by atoms with Gasteiger partial charge in [0, 0.05) is 23.3 Å². The molecule has 0 radical (unpaired) electrons. The van der Waals surface area contributed by atoms with Crippen LogP contribution in [0.5, 0.6) is 0 Å². The van der Waals surface area contributed by atoms with Crippen LogP contribution >= 0.6 is 11.6 Å². The molecule has 3 aromatic rings. The van der Waals surface area contributed by atoms with Crippen LogP contribution in [0, 0.1) is 0 Å². The number of aromatic amines is 2. The smallest absolute Gasteiger partial charge is 0.224 e. The predicted molar refractivity (Wildman–Crippen MR) is 56.5 cm³/mol. The second-order valence-corrected chi connectivity index (χ2v) is 3.41. The van der Waals surface area contributed by atoms with Crippen LogP contribution in [0.25, 0.3) is 22.3 Å². The van der Waals surface area contributed by atoms with E-state index in [1.807, 2.05) is 6.07 Å². The Kier molecular flexibility index (Phi) is 1.72. The summed E-state index contributed by atoms with van der Waals surface area (Å²) in [6.45, 7) is 0. The average molecular weight is 220 g/mol. The third-order valence-electron chi connectivity index (χ3n) is 2.16. The number of aromatic nitrogens is 5. The third kappa shape index (κ3) is 1.28. The van der Waals surface area contributed by atoms with Crippen molar-refractivity contribution < 1.29 is 0 Å². The maximum Gasteiger partial charge on any atom is 0.224 e. The molecule has 0 spiro atoms. The molecule has 3 rings (SSSR count). The van der Waals surface area contributed by atoms with Crippen LogP contribution in [0.15, 0.2) is 24.7 Å². The van der Waals surface area contributed by atoms with Crippen molar-refractivity contribution in [1.82, 2.24) is 25.1 Å². The van der Waals surface area contributed by atoms with Gasteiger partial charge in [0.1, 0.15) is 5.65 Å². The summed E-state index contributed by atoms with van der Waals surface area (Å²) in [7, 11) is 0. The highest BCUT2D eigenvalue weighted by Gasteiger charge is 2.09. The Hall–Kier alpha value is -1.88. The first kappa shape index (κ1) is 8.43. The van der Waals surface area contributed by atoms with Gasteiger partial charge in [-0.15, -0.1) is 0 Å². The molecule has 0 unspecified atom stereocenters. The predicted octanol–water partition coefficient (Wildman–Crippen LogP) is 2.00. The molecule has 3 aromatic heterocycles. The van der Waals surface area contributed by atoms with E-state index in [1.54, 1.807) is 18.6 Å². The molecule has 6 heteroatoms. The van der Waals surface area contributed by atoms with Gasteiger partial charge in [-0.25, -0.2) is 4.98 Å². The number of H-pyrrole nitrogens is 2. The van der Waals surface area contributed by atoms with Gasteiger partial charge in [0.2, 0.25) is 5.28 Å². The van der Waals surface area contributed by atoms with Crippen LogP contribution in [-0.4, -0.2) is 25.1 Å². The van der Waals surface area contributed by atoms with Gasteiger partial charge >= 0.3 is 0 Å². The second kappa shape index (κ2) is 3.06. The van der Waals surface area contributed by atoms with Gasteiger partial charge in [0.25, 0.3) is 0 Å². The van der Waals surface area contributed by atoms with E-state index in [-0.39, 0.29) is 5.28 Å². The maximum absolute atomic E-state index is 5.82. The molecule has 15 heavy (non-hydrogen) atoms. The molecule has 0 amide bonds. The molecule has 0 aliphatic carbocycles. The molecule has 0 fully saturated rings. The summed E-state index contributed by atoms with van der Waals surface area (Å²) in [5, 5.41) is 7.78. The highest BCUT2D eigenvalue weighted by molar-refractivity contribution is 6.28. The number of halogens is 1. The van der Waals surface area contributed by atoms with Crippen LogP contribution < -0.4 is 0 Å². The first-order valence-corrected chi connectivity index (χ1v) is 4.72. The van der Waals surface area contributed by atoms with Crippen molar-refractivity contribution in [2.75, 3.05) is 0 Å². The number of nitrogens with one attached hydrogen (secondary N) is 2. The zero-order valence-electron chi connectivity index (χ0n) is 7.53. The van der Waals surface area contributed by atoms with E-state index in [4.69, 9.17) is 11.6 Å². The second-order valence-electron chi connectivity index (χ2n) is 3.07. The summed E-state index contributed by atoms with van der Waals surface area (Å²) < 4.78 is 0. The van der Waals surface area contributed by atoms with Crippen molar-refractivity contribution in [2.24, 2.45) is 0 Å². The van der Waals surface area contributed by atoms with E-state index in [1.165, 1.54) is 0 Å². The SMILES string of the molecule is Clc1nc(-c2cn[nH]c2)c2cc[nH]c2n1. The zero-order valence-corrected chi connectivity index (χ0v) is 8.28. The van der Waals surface area contributed by atoms with Gasteiger partial charge in [-0.1, -0.05) is 0 Å². The number of nitrogens with zero attached hydrogens (tertiary/aromatic N) is 3. The lowest BCUT2D eigenvalue weighted by atomic mass is 10.2. The van der Waals surface area contributed by atoms with Gasteiger partial charge in [-0.3, -0.25) is 5.10 Å². The quantitative estimate of drug-likeness (QED) is 0.615. The minimum absolute atomic E-state index is 0.223. The summed E-state index contributed by atoms with van der Waals surface area (Å²) >= 11 is 5.82. The van der Waals surface area contributed by atoms with E-state index >= 15 is 0 Å². The topological polar surface area (TPSA) is 70.2 Å². The fourth-order valence-electron chi connectivity index (χ4n) is 1.51. The third-order valence-corrected chi connectivity index (χ3v) is 2.33. The van der Waals surface area contributed by atoms with Crippen LogP contribution in [0.4, 0.5) is 0 Å². The fraction of sp³-hybridized carbons (Fsp3) is 0. The molecule has 0 saturated heterocycles. The zero-order chi connectivity index (χ0) is 10.3. The number of fused-ring (bicyclic) bond motifs is 1. The van der Waals surface area contributed by atoms with Crippen molar-refractivity contribution in [3.05, 3.63) is 29.9 Å². The number of rotatable bonds is 1. The summed E-state index contributed by atoms with van der Waals surface area (Å²) in [4.78, 5) is 11.3. The summed E-state index contributed by atoms with van der Waals surface area (Å²) in [6.07, 6.45) is 5.27. The van der Waals surface area contributed by atoms with E-state index in [0.29, 0.717) is 0 Å². The summed E-state index contributed by atoms with van der Waals surface area (Å²) in [6, 6.07) is 1.91. The Morgan fingerprint density at radius 2 is 2.20 bits per heavy atom. The van der Waals surface area contributed by atoms with Gasteiger partial charge in [-0.2, -0.15) is 10.1 Å². The Labute approximate surface area is 89.5 Å². The van der Waals surface area contributed by atoms with Crippen molar-refractivity contribution >= 4 is 22.6 Å². The lowest BCUT2D eigenvalue weighted by molar-refractivity contribution is 1.09. The Bertz CT molecular complexity index is 598. The summed E-state index contributed by atoms with van der Waals surface area (Å²) in [5.41, 5.74) is 2.40. The molecule has 0 bridgehead atoms. The average Bonchev–Trinajstić information content (AvgIpc) is 2.86. The number of hydrogen-bond donors (Lipinski definition) is 2. The molecule has 74 valence electrons.